The molecule has 1 fully saturated rings. The van der Waals surface area contributed by atoms with E-state index >= 15 is 0 Å². The third-order valence-electron chi connectivity index (χ3n) is 5.01. The Balaban J connectivity index is 1.56. The normalized spacial score (nSPS) is 22.2. The highest BCUT2D eigenvalue weighted by Crippen LogP contribution is 2.35. The van der Waals surface area contributed by atoms with Crippen molar-refractivity contribution in [1.82, 2.24) is 16.0 Å². The van der Waals surface area contributed by atoms with Gasteiger partial charge in [-0.05, 0) is 48.3 Å². The first-order valence-corrected chi connectivity index (χ1v) is 9.86. The van der Waals surface area contributed by atoms with E-state index in [1.807, 2.05) is 12.1 Å². The molecule has 7 heteroatoms. The highest BCUT2D eigenvalue weighted by molar-refractivity contribution is 6.04. The van der Waals surface area contributed by atoms with Crippen molar-refractivity contribution >= 4 is 11.8 Å². The number of hydrogen-bond acceptors (Lipinski definition) is 5. The highest BCUT2D eigenvalue weighted by atomic mass is 16.5. The fourth-order valence-corrected chi connectivity index (χ4v) is 3.52. The first kappa shape index (κ1) is 20.8. The number of amides is 2. The van der Waals surface area contributed by atoms with Crippen LogP contribution in [-0.2, 0) is 9.59 Å². The Morgan fingerprint density at radius 2 is 1.93 bits per heavy atom. The van der Waals surface area contributed by atoms with E-state index in [9.17, 15) is 14.7 Å². The zero-order valence-corrected chi connectivity index (χ0v) is 17.2. The second-order valence-corrected chi connectivity index (χ2v) is 8.88. The van der Waals surface area contributed by atoms with Crippen LogP contribution in [0.2, 0.25) is 0 Å². The fourth-order valence-electron chi connectivity index (χ4n) is 3.52. The molecule has 2 amide bonds. The van der Waals surface area contributed by atoms with Crippen molar-refractivity contribution in [2.24, 2.45) is 5.41 Å². The molecule has 1 saturated carbocycles. The molecule has 0 bridgehead atoms. The van der Waals surface area contributed by atoms with Gasteiger partial charge in [-0.3, -0.25) is 9.59 Å². The highest BCUT2D eigenvalue weighted by Gasteiger charge is 2.31. The van der Waals surface area contributed by atoms with Gasteiger partial charge in [0, 0.05) is 6.04 Å². The van der Waals surface area contributed by atoms with Gasteiger partial charge in [-0.15, -0.1) is 0 Å². The third kappa shape index (κ3) is 5.31. The maximum absolute atomic E-state index is 12.5. The Bertz CT molecular complexity index is 837. The van der Waals surface area contributed by atoms with Crippen LogP contribution in [0.1, 0.15) is 51.5 Å². The van der Waals surface area contributed by atoms with Gasteiger partial charge in [-0.1, -0.05) is 39.5 Å². The number of ether oxygens (including phenoxy) is 1. The SMILES string of the molecule is C=C1NC(=O)C(O)=C(C(=O)NC2CCC(c3ccc(OCC(C)(C)C)cc3)C2)N1. The summed E-state index contributed by atoms with van der Waals surface area (Å²) < 4.78 is 5.82. The number of benzene rings is 1. The van der Waals surface area contributed by atoms with E-state index in [2.05, 4.69) is 55.4 Å². The number of rotatable bonds is 5. The van der Waals surface area contributed by atoms with Crippen molar-refractivity contribution in [3.05, 3.63) is 53.7 Å². The molecule has 0 aromatic heterocycles. The number of carbonyl (C=O) groups excluding carboxylic acids is 2. The van der Waals surface area contributed by atoms with Crippen LogP contribution in [0.3, 0.4) is 0 Å². The Kier molecular flexibility index (Phi) is 5.86. The first-order valence-electron chi connectivity index (χ1n) is 9.86. The molecule has 0 spiro atoms. The number of aliphatic hydroxyl groups excluding tert-OH is 1. The summed E-state index contributed by atoms with van der Waals surface area (Å²) >= 11 is 0. The quantitative estimate of drug-likeness (QED) is 0.610. The summed E-state index contributed by atoms with van der Waals surface area (Å²) in [5.74, 6) is -0.508. The van der Waals surface area contributed by atoms with E-state index in [1.54, 1.807) is 0 Å². The molecule has 1 aliphatic heterocycles. The lowest BCUT2D eigenvalue weighted by molar-refractivity contribution is -0.123. The van der Waals surface area contributed by atoms with E-state index in [4.69, 9.17) is 4.74 Å². The molecule has 1 aliphatic carbocycles. The largest absolute Gasteiger partial charge is 0.501 e. The van der Waals surface area contributed by atoms with Crippen LogP contribution in [0.15, 0.2) is 48.1 Å². The minimum Gasteiger partial charge on any atom is -0.501 e. The van der Waals surface area contributed by atoms with Gasteiger partial charge in [0.15, 0.2) is 5.70 Å². The van der Waals surface area contributed by atoms with Gasteiger partial charge in [-0.2, -0.15) is 0 Å². The van der Waals surface area contributed by atoms with Gasteiger partial charge < -0.3 is 25.8 Å². The molecule has 3 rings (SSSR count). The van der Waals surface area contributed by atoms with E-state index in [-0.39, 0.29) is 23.0 Å². The zero-order valence-electron chi connectivity index (χ0n) is 17.2. The van der Waals surface area contributed by atoms with Crippen LogP contribution in [0, 0.1) is 5.41 Å². The molecular weight excluding hydrogens is 370 g/mol. The zero-order chi connectivity index (χ0) is 21.2. The van der Waals surface area contributed by atoms with Gasteiger partial charge in [0.05, 0.1) is 6.61 Å². The number of aliphatic hydroxyl groups is 1. The number of carbonyl (C=O) groups is 2. The Morgan fingerprint density at radius 1 is 1.24 bits per heavy atom. The molecule has 2 aliphatic rings. The molecule has 1 heterocycles. The number of nitrogens with one attached hydrogen (secondary N) is 3. The topological polar surface area (TPSA) is 99.7 Å². The van der Waals surface area contributed by atoms with Crippen LogP contribution in [0.25, 0.3) is 0 Å². The van der Waals surface area contributed by atoms with Crippen molar-refractivity contribution in [2.45, 2.75) is 52.0 Å². The Morgan fingerprint density at radius 3 is 2.59 bits per heavy atom. The van der Waals surface area contributed by atoms with E-state index in [0.717, 1.165) is 25.0 Å². The molecule has 29 heavy (non-hydrogen) atoms. The minimum absolute atomic E-state index is 0.0235. The monoisotopic (exact) mass is 399 g/mol. The standard InChI is InChI=1S/C22H29N3O4/c1-13-23-18(19(26)21(28)24-13)20(27)25-16-8-5-15(11-16)14-6-9-17(10-7-14)29-12-22(2,3)4/h6-7,9-10,15-16,23,26H,1,5,8,11-12H2,2-4H3,(H,24,28)(H,25,27). The smallest absolute Gasteiger partial charge is 0.294 e. The van der Waals surface area contributed by atoms with E-state index in [0.29, 0.717) is 12.5 Å². The molecule has 4 N–H and O–H groups in total. The lowest BCUT2D eigenvalue weighted by atomic mass is 9.97. The van der Waals surface area contributed by atoms with Gasteiger partial charge in [0.25, 0.3) is 11.8 Å². The predicted octanol–water partition coefficient (Wildman–Crippen LogP) is 2.82. The maximum Gasteiger partial charge on any atom is 0.294 e. The maximum atomic E-state index is 12.5. The second kappa shape index (κ2) is 8.19. The predicted molar refractivity (Wildman–Crippen MR) is 110 cm³/mol. The summed E-state index contributed by atoms with van der Waals surface area (Å²) in [5, 5.41) is 17.7. The second-order valence-electron chi connectivity index (χ2n) is 8.88. The average Bonchev–Trinajstić information content (AvgIpc) is 3.11. The molecule has 0 saturated heterocycles. The summed E-state index contributed by atoms with van der Waals surface area (Å²) in [4.78, 5) is 24.1. The lowest BCUT2D eigenvalue weighted by Crippen LogP contribution is -2.45. The molecule has 2 unspecified atom stereocenters. The van der Waals surface area contributed by atoms with Gasteiger partial charge in [-0.25, -0.2) is 0 Å². The van der Waals surface area contributed by atoms with Crippen molar-refractivity contribution in [1.29, 1.82) is 0 Å². The van der Waals surface area contributed by atoms with Crippen LogP contribution < -0.4 is 20.7 Å². The molecule has 1 aromatic rings. The molecule has 1 aromatic carbocycles. The summed E-state index contributed by atoms with van der Waals surface area (Å²) in [5.41, 5.74) is 1.16. The third-order valence-corrected chi connectivity index (χ3v) is 5.01. The van der Waals surface area contributed by atoms with E-state index < -0.39 is 17.6 Å². The molecule has 156 valence electrons. The summed E-state index contributed by atoms with van der Waals surface area (Å²) in [6.45, 7) is 10.6. The van der Waals surface area contributed by atoms with Gasteiger partial charge >= 0.3 is 0 Å². The summed E-state index contributed by atoms with van der Waals surface area (Å²) in [6, 6.07) is 8.12. The van der Waals surface area contributed by atoms with Gasteiger partial charge in [0.2, 0.25) is 5.76 Å². The Labute approximate surface area is 171 Å². The molecular formula is C22H29N3O4. The lowest BCUT2D eigenvalue weighted by Gasteiger charge is -2.22. The molecule has 0 radical (unpaired) electrons. The van der Waals surface area contributed by atoms with E-state index in [1.165, 1.54) is 5.56 Å². The molecule has 2 atom stereocenters. The van der Waals surface area contributed by atoms with Crippen LogP contribution >= 0.6 is 0 Å². The Hall–Kier alpha value is -2.96. The van der Waals surface area contributed by atoms with Crippen LogP contribution in [0.4, 0.5) is 0 Å². The number of hydrogen-bond donors (Lipinski definition) is 4. The first-order chi connectivity index (χ1) is 13.6. The van der Waals surface area contributed by atoms with Gasteiger partial charge in [0.1, 0.15) is 11.6 Å². The fraction of sp³-hybridized carbons (Fsp3) is 0.455. The summed E-state index contributed by atoms with van der Waals surface area (Å²) in [7, 11) is 0. The minimum atomic E-state index is -0.739. The van der Waals surface area contributed by atoms with Crippen molar-refractivity contribution < 1.29 is 19.4 Å². The molecule has 7 nitrogen and oxygen atoms in total. The van der Waals surface area contributed by atoms with Crippen molar-refractivity contribution in [2.75, 3.05) is 6.61 Å². The van der Waals surface area contributed by atoms with Crippen molar-refractivity contribution in [3.63, 3.8) is 0 Å². The average molecular weight is 399 g/mol. The van der Waals surface area contributed by atoms with Crippen LogP contribution in [0.5, 0.6) is 5.75 Å². The van der Waals surface area contributed by atoms with Crippen LogP contribution in [-0.4, -0.2) is 29.6 Å². The van der Waals surface area contributed by atoms with Crippen molar-refractivity contribution in [3.8, 4) is 5.75 Å². The summed E-state index contributed by atoms with van der Waals surface area (Å²) in [6.07, 6.45) is 2.59.